The Morgan fingerprint density at radius 3 is 2.94 bits per heavy atom. The van der Waals surface area contributed by atoms with Crippen molar-refractivity contribution in [2.45, 2.75) is 19.9 Å². The summed E-state index contributed by atoms with van der Waals surface area (Å²) in [5.74, 6) is -0.0222. The van der Waals surface area contributed by atoms with Crippen molar-refractivity contribution in [3.05, 3.63) is 23.7 Å². The van der Waals surface area contributed by atoms with Crippen LogP contribution in [0.5, 0.6) is 0 Å². The summed E-state index contributed by atoms with van der Waals surface area (Å²) in [5, 5.41) is 2.82. The monoisotopic (exact) mass is 249 g/mol. The number of aromatic nitrogens is 1. The standard InChI is InChI=1S/C12H15N3OS/c1-7(2)11(13)12(16)15-8-3-4-9-10(5-8)17-6-14-9/h3-7,11H,13H2,1-2H3,(H,15,16)/t11-/m1/s1. The maximum atomic E-state index is 11.8. The lowest BCUT2D eigenvalue weighted by Crippen LogP contribution is -2.39. The summed E-state index contributed by atoms with van der Waals surface area (Å²) in [7, 11) is 0. The molecule has 0 saturated carbocycles. The van der Waals surface area contributed by atoms with E-state index in [4.69, 9.17) is 5.73 Å². The summed E-state index contributed by atoms with van der Waals surface area (Å²) < 4.78 is 1.06. The number of fused-ring (bicyclic) bond motifs is 1. The van der Waals surface area contributed by atoms with Crippen LogP contribution in [0.2, 0.25) is 0 Å². The largest absolute Gasteiger partial charge is 0.325 e. The molecule has 3 N–H and O–H groups in total. The minimum absolute atomic E-state index is 0.127. The fourth-order valence-corrected chi connectivity index (χ4v) is 2.18. The molecule has 0 aliphatic heterocycles. The number of rotatable bonds is 3. The quantitative estimate of drug-likeness (QED) is 0.876. The lowest BCUT2D eigenvalue weighted by molar-refractivity contribution is -0.118. The predicted molar refractivity (Wildman–Crippen MR) is 71.1 cm³/mol. The number of hydrogen-bond acceptors (Lipinski definition) is 4. The molecule has 0 radical (unpaired) electrons. The van der Waals surface area contributed by atoms with Gasteiger partial charge in [0.05, 0.1) is 21.8 Å². The second kappa shape index (κ2) is 4.81. The van der Waals surface area contributed by atoms with Crippen molar-refractivity contribution in [1.29, 1.82) is 0 Å². The number of anilines is 1. The van der Waals surface area contributed by atoms with Gasteiger partial charge in [-0.15, -0.1) is 11.3 Å². The molecular formula is C12H15N3OS. The number of carbonyl (C=O) groups is 1. The van der Waals surface area contributed by atoms with Crippen molar-refractivity contribution in [3.8, 4) is 0 Å². The summed E-state index contributed by atoms with van der Waals surface area (Å²) in [6.45, 7) is 3.85. The van der Waals surface area contributed by atoms with E-state index in [0.29, 0.717) is 0 Å². The van der Waals surface area contributed by atoms with Gasteiger partial charge in [0.1, 0.15) is 0 Å². The Morgan fingerprint density at radius 2 is 2.24 bits per heavy atom. The predicted octanol–water partition coefficient (Wildman–Crippen LogP) is 2.22. The zero-order valence-electron chi connectivity index (χ0n) is 9.81. The first-order valence-electron chi connectivity index (χ1n) is 5.47. The molecule has 1 atom stereocenters. The molecule has 1 aromatic heterocycles. The fourth-order valence-electron chi connectivity index (χ4n) is 1.46. The van der Waals surface area contributed by atoms with Crippen LogP contribution in [-0.4, -0.2) is 16.9 Å². The molecular weight excluding hydrogens is 234 g/mol. The van der Waals surface area contributed by atoms with E-state index in [0.717, 1.165) is 15.9 Å². The molecule has 0 aliphatic carbocycles. The van der Waals surface area contributed by atoms with E-state index in [1.54, 1.807) is 16.8 Å². The molecule has 0 bridgehead atoms. The first-order valence-corrected chi connectivity index (χ1v) is 6.35. The fraction of sp³-hybridized carbons (Fsp3) is 0.333. The van der Waals surface area contributed by atoms with E-state index < -0.39 is 6.04 Å². The second-order valence-electron chi connectivity index (χ2n) is 4.29. The van der Waals surface area contributed by atoms with Crippen LogP contribution >= 0.6 is 11.3 Å². The summed E-state index contributed by atoms with van der Waals surface area (Å²) >= 11 is 1.55. The van der Waals surface area contributed by atoms with Gasteiger partial charge in [-0.3, -0.25) is 4.79 Å². The van der Waals surface area contributed by atoms with Crippen LogP contribution in [0.1, 0.15) is 13.8 Å². The van der Waals surface area contributed by atoms with Gasteiger partial charge in [-0.1, -0.05) is 13.8 Å². The molecule has 0 spiro atoms. The SMILES string of the molecule is CC(C)[C@@H](N)C(=O)Nc1ccc2ncsc2c1. The van der Waals surface area contributed by atoms with E-state index in [1.165, 1.54) is 0 Å². The molecule has 2 aromatic rings. The lowest BCUT2D eigenvalue weighted by atomic mass is 10.1. The van der Waals surface area contributed by atoms with Gasteiger partial charge in [0, 0.05) is 5.69 Å². The number of carbonyl (C=O) groups excluding carboxylic acids is 1. The maximum Gasteiger partial charge on any atom is 0.241 e. The van der Waals surface area contributed by atoms with Crippen molar-refractivity contribution in [2.24, 2.45) is 11.7 Å². The molecule has 90 valence electrons. The number of benzene rings is 1. The Morgan fingerprint density at radius 1 is 1.47 bits per heavy atom. The van der Waals surface area contributed by atoms with E-state index in [2.05, 4.69) is 10.3 Å². The van der Waals surface area contributed by atoms with Gasteiger partial charge in [0.15, 0.2) is 0 Å². The number of thiazole rings is 1. The highest BCUT2D eigenvalue weighted by molar-refractivity contribution is 7.16. The number of nitrogens with two attached hydrogens (primary N) is 1. The number of nitrogens with zero attached hydrogens (tertiary/aromatic N) is 1. The second-order valence-corrected chi connectivity index (χ2v) is 5.18. The molecule has 0 aliphatic rings. The van der Waals surface area contributed by atoms with Gasteiger partial charge in [-0.05, 0) is 24.1 Å². The average molecular weight is 249 g/mol. The zero-order valence-corrected chi connectivity index (χ0v) is 10.6. The van der Waals surface area contributed by atoms with Crippen LogP contribution in [0, 0.1) is 5.92 Å². The van der Waals surface area contributed by atoms with Gasteiger partial charge in [0.25, 0.3) is 0 Å². The topological polar surface area (TPSA) is 68.0 Å². The Labute approximate surface area is 104 Å². The van der Waals surface area contributed by atoms with Gasteiger partial charge in [-0.25, -0.2) is 4.98 Å². The smallest absolute Gasteiger partial charge is 0.241 e. The minimum atomic E-state index is -0.479. The van der Waals surface area contributed by atoms with Crippen molar-refractivity contribution < 1.29 is 4.79 Å². The Hall–Kier alpha value is -1.46. The highest BCUT2D eigenvalue weighted by Crippen LogP contribution is 2.21. The van der Waals surface area contributed by atoms with Crippen LogP contribution < -0.4 is 11.1 Å². The summed E-state index contributed by atoms with van der Waals surface area (Å²) in [6, 6.07) is 5.17. The van der Waals surface area contributed by atoms with Crippen molar-refractivity contribution in [1.82, 2.24) is 4.98 Å². The minimum Gasteiger partial charge on any atom is -0.325 e. The van der Waals surface area contributed by atoms with Crippen molar-refractivity contribution in [2.75, 3.05) is 5.32 Å². The third-order valence-electron chi connectivity index (χ3n) is 2.62. The van der Waals surface area contributed by atoms with Gasteiger partial charge >= 0.3 is 0 Å². The van der Waals surface area contributed by atoms with Crippen LogP contribution in [0.3, 0.4) is 0 Å². The molecule has 0 fully saturated rings. The molecule has 2 rings (SSSR count). The normalized spacial score (nSPS) is 12.9. The molecule has 1 heterocycles. The third kappa shape index (κ3) is 2.62. The molecule has 17 heavy (non-hydrogen) atoms. The number of amides is 1. The van der Waals surface area contributed by atoms with Crippen LogP contribution in [0.15, 0.2) is 23.7 Å². The van der Waals surface area contributed by atoms with Crippen LogP contribution in [0.25, 0.3) is 10.2 Å². The van der Waals surface area contributed by atoms with Gasteiger partial charge in [-0.2, -0.15) is 0 Å². The Bertz CT molecular complexity index is 535. The third-order valence-corrected chi connectivity index (χ3v) is 3.41. The molecule has 0 unspecified atom stereocenters. The number of hydrogen-bond donors (Lipinski definition) is 2. The summed E-state index contributed by atoms with van der Waals surface area (Å²) in [4.78, 5) is 16.0. The first-order chi connectivity index (χ1) is 8.08. The number of nitrogens with one attached hydrogen (secondary N) is 1. The van der Waals surface area contributed by atoms with E-state index in [-0.39, 0.29) is 11.8 Å². The summed E-state index contributed by atoms with van der Waals surface area (Å²) in [6.07, 6.45) is 0. The van der Waals surface area contributed by atoms with Crippen molar-refractivity contribution >= 4 is 33.1 Å². The first kappa shape index (κ1) is 12.0. The van der Waals surface area contributed by atoms with Crippen molar-refractivity contribution in [3.63, 3.8) is 0 Å². The molecule has 1 aromatic carbocycles. The maximum absolute atomic E-state index is 11.8. The van der Waals surface area contributed by atoms with Crippen LogP contribution in [-0.2, 0) is 4.79 Å². The van der Waals surface area contributed by atoms with Gasteiger partial charge in [0.2, 0.25) is 5.91 Å². The van der Waals surface area contributed by atoms with E-state index in [9.17, 15) is 4.79 Å². The molecule has 5 heteroatoms. The summed E-state index contributed by atoms with van der Waals surface area (Å²) in [5.41, 5.74) is 9.28. The van der Waals surface area contributed by atoms with Crippen LogP contribution in [0.4, 0.5) is 5.69 Å². The highest BCUT2D eigenvalue weighted by atomic mass is 32.1. The Balaban J connectivity index is 2.15. The highest BCUT2D eigenvalue weighted by Gasteiger charge is 2.17. The van der Waals surface area contributed by atoms with E-state index in [1.807, 2.05) is 32.0 Å². The molecule has 1 amide bonds. The average Bonchev–Trinajstić information content (AvgIpc) is 2.74. The lowest BCUT2D eigenvalue weighted by Gasteiger charge is -2.15. The Kier molecular flexibility index (Phi) is 3.40. The molecule has 0 saturated heterocycles. The molecule has 4 nitrogen and oxygen atoms in total. The zero-order chi connectivity index (χ0) is 12.4. The van der Waals surface area contributed by atoms with Gasteiger partial charge < -0.3 is 11.1 Å². The van der Waals surface area contributed by atoms with E-state index >= 15 is 0 Å².